The minimum absolute atomic E-state index is 0.162. The van der Waals surface area contributed by atoms with E-state index in [0.29, 0.717) is 6.04 Å². The number of nitrogens with zero attached hydrogens (tertiary/aromatic N) is 1. The molecule has 100 valence electrons. The number of carbonyl (C=O) groups excluding carboxylic acids is 1. The highest BCUT2D eigenvalue weighted by Crippen LogP contribution is 2.19. The Morgan fingerprint density at radius 2 is 1.94 bits per heavy atom. The van der Waals surface area contributed by atoms with E-state index < -0.39 is 0 Å². The average Bonchev–Trinajstić information content (AvgIpc) is 2.16. The first kappa shape index (κ1) is 15.7. The smallest absolute Gasteiger partial charge is 0.410 e. The fourth-order valence-corrected chi connectivity index (χ4v) is 1.69. The molecule has 5 nitrogen and oxygen atoms in total. The van der Waals surface area contributed by atoms with Crippen molar-refractivity contribution in [2.75, 3.05) is 6.54 Å². The molecule has 1 amide bonds. The molecule has 1 fully saturated rings. The lowest BCUT2D eigenvalue weighted by molar-refractivity contribution is -0.122. The van der Waals surface area contributed by atoms with Crippen LogP contribution in [0.3, 0.4) is 0 Å². The minimum Gasteiger partial charge on any atom is -0.483 e. The first-order valence-corrected chi connectivity index (χ1v) is 5.89. The second kappa shape index (κ2) is 7.14. The molecule has 0 aromatic carbocycles. The van der Waals surface area contributed by atoms with E-state index in [0.717, 1.165) is 19.4 Å². The second-order valence-electron chi connectivity index (χ2n) is 5.12. The van der Waals surface area contributed by atoms with Gasteiger partial charge in [0.1, 0.15) is 5.60 Å². The van der Waals surface area contributed by atoms with E-state index in [-0.39, 0.29) is 18.2 Å². The molecule has 0 bridgehead atoms. The van der Waals surface area contributed by atoms with Crippen LogP contribution in [0.25, 0.3) is 0 Å². The van der Waals surface area contributed by atoms with E-state index in [9.17, 15) is 4.79 Å². The summed E-state index contributed by atoms with van der Waals surface area (Å²) in [6, 6.07) is 0.332. The Hall–Kier alpha value is -1.26. The highest BCUT2D eigenvalue weighted by atomic mass is 16.6. The van der Waals surface area contributed by atoms with Crippen LogP contribution in [0.4, 0.5) is 4.79 Å². The van der Waals surface area contributed by atoms with E-state index in [1.165, 1.54) is 6.42 Å². The molecule has 1 saturated heterocycles. The van der Waals surface area contributed by atoms with Gasteiger partial charge in [-0.2, -0.15) is 0 Å². The standard InChI is InChI=1S/C11H21NO2.CH2O2/c1-9-7-5-6-8-12(9)10(13)14-11(2,3)4;2-1-3/h9H,5-8H2,1-4H3;1H,(H,2,3). The summed E-state index contributed by atoms with van der Waals surface area (Å²) in [4.78, 5) is 21.9. The zero-order valence-corrected chi connectivity index (χ0v) is 11.1. The highest BCUT2D eigenvalue weighted by Gasteiger charge is 2.27. The SMILES string of the molecule is CC1CCCCN1C(=O)OC(C)(C)C.O=CO. The van der Waals surface area contributed by atoms with Crippen LogP contribution in [0.1, 0.15) is 47.0 Å². The summed E-state index contributed by atoms with van der Waals surface area (Å²) in [6.45, 7) is 8.39. The molecule has 0 aliphatic carbocycles. The molecule has 5 heteroatoms. The first-order chi connectivity index (χ1) is 7.81. The molecular weight excluding hydrogens is 222 g/mol. The van der Waals surface area contributed by atoms with Crippen molar-refractivity contribution in [1.82, 2.24) is 4.90 Å². The summed E-state index contributed by atoms with van der Waals surface area (Å²) in [7, 11) is 0. The van der Waals surface area contributed by atoms with Gasteiger partial charge in [0.2, 0.25) is 0 Å². The van der Waals surface area contributed by atoms with Gasteiger partial charge in [0.25, 0.3) is 6.47 Å². The van der Waals surface area contributed by atoms with Crippen molar-refractivity contribution < 1.29 is 19.4 Å². The lowest BCUT2D eigenvalue weighted by atomic mass is 10.0. The Bertz CT molecular complexity index is 247. The quantitative estimate of drug-likeness (QED) is 0.666. The maximum Gasteiger partial charge on any atom is 0.410 e. The predicted molar refractivity (Wildman–Crippen MR) is 64.9 cm³/mol. The molecule has 0 radical (unpaired) electrons. The van der Waals surface area contributed by atoms with E-state index in [1.807, 2.05) is 25.7 Å². The van der Waals surface area contributed by atoms with Crippen LogP contribution >= 0.6 is 0 Å². The summed E-state index contributed by atoms with van der Waals surface area (Å²) in [5.74, 6) is 0. The molecule has 1 N–H and O–H groups in total. The highest BCUT2D eigenvalue weighted by molar-refractivity contribution is 5.68. The van der Waals surface area contributed by atoms with Gasteiger partial charge in [-0.15, -0.1) is 0 Å². The van der Waals surface area contributed by atoms with E-state index in [4.69, 9.17) is 14.6 Å². The molecule has 0 spiro atoms. The average molecular weight is 245 g/mol. The topological polar surface area (TPSA) is 66.8 Å². The molecule has 1 rings (SSSR count). The second-order valence-corrected chi connectivity index (χ2v) is 5.12. The summed E-state index contributed by atoms with van der Waals surface area (Å²) in [6.07, 6.45) is 3.26. The molecule has 0 saturated carbocycles. The van der Waals surface area contributed by atoms with Crippen molar-refractivity contribution in [2.45, 2.75) is 58.6 Å². The number of amides is 1. The number of carboxylic acid groups (broad SMARTS) is 1. The largest absolute Gasteiger partial charge is 0.483 e. The lowest BCUT2D eigenvalue weighted by Gasteiger charge is -2.34. The number of likely N-dealkylation sites (tertiary alicyclic amines) is 1. The summed E-state index contributed by atoms with van der Waals surface area (Å²) >= 11 is 0. The number of piperidine rings is 1. The fourth-order valence-electron chi connectivity index (χ4n) is 1.69. The molecule has 17 heavy (non-hydrogen) atoms. The van der Waals surface area contributed by atoms with Crippen LogP contribution in [0.15, 0.2) is 0 Å². The summed E-state index contributed by atoms with van der Waals surface area (Å²) in [5.41, 5.74) is -0.381. The molecular formula is C12H23NO4. The summed E-state index contributed by atoms with van der Waals surface area (Å²) in [5, 5.41) is 6.89. The Balaban J connectivity index is 0.000000770. The van der Waals surface area contributed by atoms with Gasteiger partial charge < -0.3 is 14.7 Å². The number of ether oxygens (including phenoxy) is 1. The Labute approximate surface area is 103 Å². The van der Waals surface area contributed by atoms with Gasteiger partial charge in [0.05, 0.1) is 0 Å². The third-order valence-electron chi connectivity index (χ3n) is 2.43. The predicted octanol–water partition coefficient (Wildman–Crippen LogP) is 2.50. The molecule has 1 atom stereocenters. The minimum atomic E-state index is -0.381. The molecule has 1 heterocycles. The van der Waals surface area contributed by atoms with Crippen molar-refractivity contribution in [3.63, 3.8) is 0 Å². The van der Waals surface area contributed by atoms with E-state index >= 15 is 0 Å². The molecule has 0 aromatic rings. The molecule has 1 aliphatic heterocycles. The van der Waals surface area contributed by atoms with Gasteiger partial charge in [-0.1, -0.05) is 0 Å². The molecule has 0 aromatic heterocycles. The van der Waals surface area contributed by atoms with Crippen molar-refractivity contribution in [3.05, 3.63) is 0 Å². The normalized spacial score (nSPS) is 20.0. The Morgan fingerprint density at radius 3 is 2.35 bits per heavy atom. The monoisotopic (exact) mass is 245 g/mol. The van der Waals surface area contributed by atoms with Crippen LogP contribution in [0.2, 0.25) is 0 Å². The van der Waals surface area contributed by atoms with Crippen LogP contribution in [-0.4, -0.2) is 40.8 Å². The van der Waals surface area contributed by atoms with E-state index in [2.05, 4.69) is 6.92 Å². The maximum absolute atomic E-state index is 11.7. The van der Waals surface area contributed by atoms with Gasteiger partial charge in [0, 0.05) is 12.6 Å². The number of hydrogen-bond acceptors (Lipinski definition) is 3. The van der Waals surface area contributed by atoms with Crippen molar-refractivity contribution >= 4 is 12.6 Å². The molecule has 1 unspecified atom stereocenters. The fraction of sp³-hybridized carbons (Fsp3) is 0.833. The third-order valence-corrected chi connectivity index (χ3v) is 2.43. The van der Waals surface area contributed by atoms with Crippen LogP contribution in [0, 0.1) is 0 Å². The van der Waals surface area contributed by atoms with Crippen LogP contribution in [0.5, 0.6) is 0 Å². The van der Waals surface area contributed by atoms with Gasteiger partial charge in [0.15, 0.2) is 0 Å². The third kappa shape index (κ3) is 6.81. The number of carbonyl (C=O) groups is 2. The van der Waals surface area contributed by atoms with Crippen LogP contribution in [-0.2, 0) is 9.53 Å². The van der Waals surface area contributed by atoms with Crippen molar-refractivity contribution in [2.24, 2.45) is 0 Å². The Morgan fingerprint density at radius 1 is 1.41 bits per heavy atom. The zero-order valence-electron chi connectivity index (χ0n) is 11.1. The molecule has 1 aliphatic rings. The maximum atomic E-state index is 11.7. The summed E-state index contributed by atoms with van der Waals surface area (Å²) < 4.78 is 5.33. The van der Waals surface area contributed by atoms with Crippen molar-refractivity contribution in [3.8, 4) is 0 Å². The van der Waals surface area contributed by atoms with Crippen molar-refractivity contribution in [1.29, 1.82) is 0 Å². The van der Waals surface area contributed by atoms with Crippen LogP contribution < -0.4 is 0 Å². The van der Waals surface area contributed by atoms with Gasteiger partial charge >= 0.3 is 6.09 Å². The Kier molecular flexibility index (Phi) is 6.61. The number of hydrogen-bond donors (Lipinski definition) is 1. The lowest BCUT2D eigenvalue weighted by Crippen LogP contribution is -2.44. The first-order valence-electron chi connectivity index (χ1n) is 5.89. The van der Waals surface area contributed by atoms with Gasteiger partial charge in [-0.3, -0.25) is 4.79 Å². The zero-order chi connectivity index (χ0) is 13.5. The van der Waals surface area contributed by atoms with Gasteiger partial charge in [-0.25, -0.2) is 4.79 Å². The number of rotatable bonds is 0. The van der Waals surface area contributed by atoms with Gasteiger partial charge in [-0.05, 0) is 47.0 Å². The van der Waals surface area contributed by atoms with E-state index in [1.54, 1.807) is 0 Å².